The SMILES string of the molecule is CCCCCCCCCCCCNc1cnccn1. The second-order valence-electron chi connectivity index (χ2n) is 5.20. The molecule has 0 saturated heterocycles. The average Bonchev–Trinajstić information content (AvgIpc) is 2.46. The van der Waals surface area contributed by atoms with Crippen LogP contribution in [0, 0.1) is 0 Å². The molecule has 1 aromatic heterocycles. The van der Waals surface area contributed by atoms with E-state index < -0.39 is 0 Å². The minimum Gasteiger partial charge on any atom is -0.369 e. The molecule has 0 bridgehead atoms. The van der Waals surface area contributed by atoms with Crippen molar-refractivity contribution in [2.24, 2.45) is 0 Å². The van der Waals surface area contributed by atoms with Gasteiger partial charge in [0.25, 0.3) is 0 Å². The molecule has 0 spiro atoms. The van der Waals surface area contributed by atoms with Gasteiger partial charge in [-0.2, -0.15) is 0 Å². The fraction of sp³-hybridized carbons (Fsp3) is 0.750. The first-order valence-corrected chi connectivity index (χ1v) is 7.93. The van der Waals surface area contributed by atoms with E-state index >= 15 is 0 Å². The van der Waals surface area contributed by atoms with Crippen molar-refractivity contribution >= 4 is 5.82 Å². The molecule has 1 N–H and O–H groups in total. The van der Waals surface area contributed by atoms with Gasteiger partial charge in [-0.3, -0.25) is 4.98 Å². The van der Waals surface area contributed by atoms with Gasteiger partial charge >= 0.3 is 0 Å². The molecule has 0 unspecified atom stereocenters. The summed E-state index contributed by atoms with van der Waals surface area (Å²) in [5.41, 5.74) is 0. The van der Waals surface area contributed by atoms with E-state index in [1.54, 1.807) is 18.6 Å². The Morgan fingerprint density at radius 2 is 1.47 bits per heavy atom. The van der Waals surface area contributed by atoms with E-state index in [-0.39, 0.29) is 0 Å². The van der Waals surface area contributed by atoms with Crippen LogP contribution in [0.1, 0.15) is 71.1 Å². The molecule has 0 aromatic carbocycles. The number of hydrogen-bond donors (Lipinski definition) is 1. The molecule has 1 heterocycles. The lowest BCUT2D eigenvalue weighted by molar-refractivity contribution is 0.560. The maximum atomic E-state index is 4.19. The highest BCUT2D eigenvalue weighted by atomic mass is 15.0. The Morgan fingerprint density at radius 1 is 0.842 bits per heavy atom. The van der Waals surface area contributed by atoms with Gasteiger partial charge in [0.2, 0.25) is 0 Å². The summed E-state index contributed by atoms with van der Waals surface area (Å²) in [6.45, 7) is 3.28. The van der Waals surface area contributed by atoms with E-state index in [9.17, 15) is 0 Å². The zero-order valence-electron chi connectivity index (χ0n) is 12.4. The molecule has 1 rings (SSSR count). The van der Waals surface area contributed by atoms with Crippen LogP contribution < -0.4 is 5.32 Å². The molecule has 0 aliphatic carbocycles. The van der Waals surface area contributed by atoms with Gasteiger partial charge in [-0.15, -0.1) is 0 Å². The lowest BCUT2D eigenvalue weighted by atomic mass is 10.1. The molecule has 0 aliphatic heterocycles. The first-order chi connectivity index (χ1) is 9.43. The average molecular weight is 263 g/mol. The minimum absolute atomic E-state index is 0.887. The Hall–Kier alpha value is -1.12. The van der Waals surface area contributed by atoms with Crippen LogP contribution in [-0.2, 0) is 0 Å². The van der Waals surface area contributed by atoms with Crippen LogP contribution in [0.25, 0.3) is 0 Å². The van der Waals surface area contributed by atoms with Crippen molar-refractivity contribution in [1.29, 1.82) is 0 Å². The summed E-state index contributed by atoms with van der Waals surface area (Å²) in [6, 6.07) is 0. The fourth-order valence-electron chi connectivity index (χ4n) is 2.22. The summed E-state index contributed by atoms with van der Waals surface area (Å²) in [5.74, 6) is 0.887. The number of nitrogens with zero attached hydrogens (tertiary/aromatic N) is 2. The van der Waals surface area contributed by atoms with Gasteiger partial charge in [-0.25, -0.2) is 4.98 Å². The normalized spacial score (nSPS) is 10.6. The highest BCUT2D eigenvalue weighted by Gasteiger charge is 1.94. The molecule has 0 atom stereocenters. The monoisotopic (exact) mass is 263 g/mol. The van der Waals surface area contributed by atoms with Crippen LogP contribution in [0.4, 0.5) is 5.82 Å². The molecular formula is C16H29N3. The van der Waals surface area contributed by atoms with Crippen LogP contribution in [0.15, 0.2) is 18.6 Å². The number of unbranched alkanes of at least 4 members (excludes halogenated alkanes) is 9. The molecule has 3 nitrogen and oxygen atoms in total. The minimum atomic E-state index is 0.887. The molecule has 19 heavy (non-hydrogen) atoms. The number of aromatic nitrogens is 2. The van der Waals surface area contributed by atoms with E-state index in [1.807, 2.05) is 0 Å². The Balaban J connectivity index is 1.79. The zero-order valence-corrected chi connectivity index (χ0v) is 12.4. The molecule has 0 saturated carbocycles. The number of rotatable bonds is 12. The Kier molecular flexibility index (Phi) is 10.0. The van der Waals surface area contributed by atoms with Crippen LogP contribution >= 0.6 is 0 Å². The number of anilines is 1. The summed E-state index contributed by atoms with van der Waals surface area (Å²) < 4.78 is 0. The molecule has 0 amide bonds. The maximum Gasteiger partial charge on any atom is 0.144 e. The first kappa shape index (κ1) is 15.9. The number of nitrogens with one attached hydrogen (secondary N) is 1. The molecule has 3 heteroatoms. The second-order valence-corrected chi connectivity index (χ2v) is 5.20. The zero-order chi connectivity index (χ0) is 13.6. The summed E-state index contributed by atoms with van der Waals surface area (Å²) in [6.07, 6.45) is 19.0. The maximum absolute atomic E-state index is 4.19. The van der Waals surface area contributed by atoms with Crippen molar-refractivity contribution in [3.63, 3.8) is 0 Å². The lowest BCUT2D eigenvalue weighted by Gasteiger charge is -2.04. The van der Waals surface area contributed by atoms with E-state index in [0.29, 0.717) is 0 Å². The van der Waals surface area contributed by atoms with E-state index in [1.165, 1.54) is 64.2 Å². The topological polar surface area (TPSA) is 37.8 Å². The van der Waals surface area contributed by atoms with Gasteiger partial charge in [0.1, 0.15) is 5.82 Å². The fourth-order valence-corrected chi connectivity index (χ4v) is 2.22. The summed E-state index contributed by atoms with van der Waals surface area (Å²) in [5, 5.41) is 3.30. The van der Waals surface area contributed by atoms with Gasteiger partial charge in [0.05, 0.1) is 6.20 Å². The third-order valence-corrected chi connectivity index (χ3v) is 3.40. The summed E-state index contributed by atoms with van der Waals surface area (Å²) >= 11 is 0. The first-order valence-electron chi connectivity index (χ1n) is 7.93. The Bertz CT molecular complexity index is 287. The predicted molar refractivity (Wildman–Crippen MR) is 82.4 cm³/mol. The quantitative estimate of drug-likeness (QED) is 0.550. The summed E-state index contributed by atoms with van der Waals surface area (Å²) in [7, 11) is 0. The molecule has 108 valence electrons. The number of hydrogen-bond acceptors (Lipinski definition) is 3. The van der Waals surface area contributed by atoms with Crippen molar-refractivity contribution in [3.8, 4) is 0 Å². The molecule has 0 aliphatic rings. The highest BCUT2D eigenvalue weighted by Crippen LogP contribution is 2.10. The van der Waals surface area contributed by atoms with Crippen LogP contribution in [0.2, 0.25) is 0 Å². The standard InChI is InChI=1S/C16H29N3/c1-2-3-4-5-6-7-8-9-10-11-12-18-16-15-17-13-14-19-16/h13-15H,2-12H2,1H3,(H,18,19). The lowest BCUT2D eigenvalue weighted by Crippen LogP contribution is -2.03. The van der Waals surface area contributed by atoms with Gasteiger partial charge in [0.15, 0.2) is 0 Å². The third kappa shape index (κ3) is 9.46. The van der Waals surface area contributed by atoms with E-state index in [4.69, 9.17) is 0 Å². The highest BCUT2D eigenvalue weighted by molar-refractivity contribution is 5.29. The van der Waals surface area contributed by atoms with E-state index in [2.05, 4.69) is 22.2 Å². The van der Waals surface area contributed by atoms with Crippen LogP contribution in [-0.4, -0.2) is 16.5 Å². The smallest absolute Gasteiger partial charge is 0.144 e. The van der Waals surface area contributed by atoms with E-state index in [0.717, 1.165) is 12.4 Å². The predicted octanol–water partition coefficient (Wildman–Crippen LogP) is 4.81. The largest absolute Gasteiger partial charge is 0.369 e. The third-order valence-electron chi connectivity index (χ3n) is 3.40. The van der Waals surface area contributed by atoms with Gasteiger partial charge in [-0.05, 0) is 6.42 Å². The van der Waals surface area contributed by atoms with Crippen molar-refractivity contribution in [1.82, 2.24) is 9.97 Å². The Labute approximate surface area is 118 Å². The molecule has 1 aromatic rings. The van der Waals surface area contributed by atoms with Crippen molar-refractivity contribution in [3.05, 3.63) is 18.6 Å². The second kappa shape index (κ2) is 11.9. The van der Waals surface area contributed by atoms with Gasteiger partial charge in [-0.1, -0.05) is 64.7 Å². The van der Waals surface area contributed by atoms with Crippen LogP contribution in [0.5, 0.6) is 0 Å². The summed E-state index contributed by atoms with van der Waals surface area (Å²) in [4.78, 5) is 8.22. The Morgan fingerprint density at radius 3 is 2.05 bits per heavy atom. The molecular weight excluding hydrogens is 234 g/mol. The van der Waals surface area contributed by atoms with Crippen molar-refractivity contribution in [2.45, 2.75) is 71.1 Å². The van der Waals surface area contributed by atoms with Crippen LogP contribution in [0.3, 0.4) is 0 Å². The van der Waals surface area contributed by atoms with Crippen molar-refractivity contribution in [2.75, 3.05) is 11.9 Å². The van der Waals surface area contributed by atoms with Gasteiger partial charge in [0, 0.05) is 18.9 Å². The molecule has 0 radical (unpaired) electrons. The molecule has 0 fully saturated rings. The van der Waals surface area contributed by atoms with Crippen molar-refractivity contribution < 1.29 is 0 Å². The van der Waals surface area contributed by atoms with Gasteiger partial charge < -0.3 is 5.32 Å².